The van der Waals surface area contributed by atoms with E-state index in [0.29, 0.717) is 11.5 Å². The number of halogens is 2. The third-order valence-corrected chi connectivity index (χ3v) is 5.03. The van der Waals surface area contributed by atoms with Gasteiger partial charge in [0.15, 0.2) is 0 Å². The Balaban J connectivity index is 1.61. The first kappa shape index (κ1) is 20.6. The summed E-state index contributed by atoms with van der Waals surface area (Å²) in [6.07, 6.45) is 4.72. The Labute approximate surface area is 179 Å². The second-order valence-electron chi connectivity index (χ2n) is 7.35. The average Bonchev–Trinajstić information content (AvgIpc) is 2.76. The van der Waals surface area contributed by atoms with E-state index in [0.717, 1.165) is 25.8 Å². The van der Waals surface area contributed by atoms with Gasteiger partial charge in [0.25, 0.3) is 0 Å². The minimum absolute atomic E-state index is 0.203. The van der Waals surface area contributed by atoms with Crippen molar-refractivity contribution in [2.45, 2.75) is 32.2 Å². The lowest BCUT2D eigenvalue weighted by atomic mass is 10.0. The smallest absolute Gasteiger partial charge is 0.250 e. The number of rotatable bonds is 6. The first-order valence-corrected chi connectivity index (χ1v) is 10.2. The van der Waals surface area contributed by atoms with Gasteiger partial charge in [0.05, 0.1) is 11.9 Å². The number of para-hydroxylation sites is 1. The van der Waals surface area contributed by atoms with Crippen LogP contribution in [0.2, 0.25) is 0 Å². The van der Waals surface area contributed by atoms with Crippen LogP contribution in [-0.4, -0.2) is 33.8 Å². The van der Waals surface area contributed by atoms with E-state index in [-0.39, 0.29) is 29.4 Å². The summed E-state index contributed by atoms with van der Waals surface area (Å²) in [6, 6.07) is 12.7. The number of aromatic nitrogens is 3. The number of nitrogens with zero attached hydrogens (tertiary/aromatic N) is 5. The van der Waals surface area contributed by atoms with Crippen molar-refractivity contribution >= 4 is 29.7 Å². The van der Waals surface area contributed by atoms with E-state index in [1.165, 1.54) is 24.4 Å². The summed E-state index contributed by atoms with van der Waals surface area (Å²) in [6.45, 7) is 2.96. The van der Waals surface area contributed by atoms with E-state index in [9.17, 15) is 8.78 Å². The molecule has 1 fully saturated rings. The van der Waals surface area contributed by atoms with Crippen molar-refractivity contribution in [3.05, 3.63) is 65.7 Å². The zero-order valence-corrected chi connectivity index (χ0v) is 17.1. The van der Waals surface area contributed by atoms with Crippen LogP contribution in [0.5, 0.6) is 0 Å². The summed E-state index contributed by atoms with van der Waals surface area (Å²) in [5.41, 5.74) is 3.63. The van der Waals surface area contributed by atoms with Crippen LogP contribution in [0.1, 0.15) is 31.7 Å². The van der Waals surface area contributed by atoms with Crippen molar-refractivity contribution in [1.82, 2.24) is 15.0 Å². The van der Waals surface area contributed by atoms with Crippen LogP contribution in [0.15, 0.2) is 53.6 Å². The van der Waals surface area contributed by atoms with Crippen LogP contribution < -0.4 is 15.6 Å². The Morgan fingerprint density at radius 3 is 2.68 bits per heavy atom. The molecule has 2 heterocycles. The third kappa shape index (κ3) is 5.30. The average molecular weight is 423 g/mol. The number of anilines is 4. The zero-order chi connectivity index (χ0) is 21.6. The molecule has 3 aromatic rings. The van der Waals surface area contributed by atoms with Crippen LogP contribution in [0, 0.1) is 11.6 Å². The molecule has 4 rings (SSSR count). The van der Waals surface area contributed by atoms with Gasteiger partial charge >= 0.3 is 0 Å². The fourth-order valence-electron chi connectivity index (χ4n) is 3.43. The molecule has 160 valence electrons. The molecular formula is C22H23F2N7. The number of hydrazone groups is 1. The molecular weight excluding hydrogens is 400 g/mol. The van der Waals surface area contributed by atoms with Gasteiger partial charge in [-0.2, -0.15) is 20.1 Å². The van der Waals surface area contributed by atoms with E-state index in [2.05, 4.69) is 42.6 Å². The van der Waals surface area contributed by atoms with E-state index in [1.54, 1.807) is 30.3 Å². The van der Waals surface area contributed by atoms with E-state index >= 15 is 0 Å². The highest BCUT2D eigenvalue weighted by Crippen LogP contribution is 2.25. The zero-order valence-electron chi connectivity index (χ0n) is 17.1. The van der Waals surface area contributed by atoms with Gasteiger partial charge in [0.2, 0.25) is 17.8 Å². The molecule has 1 atom stereocenters. The molecule has 1 saturated heterocycles. The lowest BCUT2D eigenvalue weighted by Crippen LogP contribution is -2.38. The molecule has 2 N–H and O–H groups in total. The molecule has 0 radical (unpaired) electrons. The summed E-state index contributed by atoms with van der Waals surface area (Å²) in [5.74, 6) is 0.145. The highest BCUT2D eigenvalue weighted by atomic mass is 19.1. The van der Waals surface area contributed by atoms with Gasteiger partial charge in [-0.3, -0.25) is 0 Å². The summed E-state index contributed by atoms with van der Waals surface area (Å²) in [4.78, 5) is 15.4. The maximum atomic E-state index is 14.1. The highest BCUT2D eigenvalue weighted by Gasteiger charge is 2.22. The van der Waals surface area contributed by atoms with Gasteiger partial charge in [-0.15, -0.1) is 0 Å². The Morgan fingerprint density at radius 2 is 1.87 bits per heavy atom. The van der Waals surface area contributed by atoms with Crippen LogP contribution in [0.4, 0.5) is 32.3 Å². The van der Waals surface area contributed by atoms with Gasteiger partial charge in [-0.1, -0.05) is 24.3 Å². The molecule has 0 spiro atoms. The van der Waals surface area contributed by atoms with Gasteiger partial charge < -0.3 is 10.2 Å². The van der Waals surface area contributed by atoms with Crippen LogP contribution in [0.3, 0.4) is 0 Å². The first-order valence-electron chi connectivity index (χ1n) is 10.2. The Morgan fingerprint density at radius 1 is 1.03 bits per heavy atom. The molecule has 0 bridgehead atoms. The lowest BCUT2D eigenvalue weighted by molar-refractivity contribution is 0.477. The van der Waals surface area contributed by atoms with Crippen LogP contribution in [0.25, 0.3) is 0 Å². The molecule has 1 aliphatic rings. The Bertz CT molecular complexity index is 1070. The van der Waals surface area contributed by atoms with Crippen molar-refractivity contribution in [3.8, 4) is 0 Å². The van der Waals surface area contributed by atoms with E-state index in [1.807, 2.05) is 0 Å². The van der Waals surface area contributed by atoms with Crippen molar-refractivity contribution in [2.24, 2.45) is 5.10 Å². The van der Waals surface area contributed by atoms with Crippen molar-refractivity contribution < 1.29 is 8.78 Å². The molecule has 0 amide bonds. The minimum atomic E-state index is -0.408. The molecule has 2 aromatic carbocycles. The van der Waals surface area contributed by atoms with Gasteiger partial charge in [0, 0.05) is 12.6 Å². The summed E-state index contributed by atoms with van der Waals surface area (Å²) >= 11 is 0. The van der Waals surface area contributed by atoms with E-state index < -0.39 is 5.82 Å². The first-order chi connectivity index (χ1) is 15.1. The van der Waals surface area contributed by atoms with E-state index in [4.69, 9.17) is 0 Å². The number of hydrogen-bond donors (Lipinski definition) is 2. The maximum absolute atomic E-state index is 14.1. The predicted molar refractivity (Wildman–Crippen MR) is 118 cm³/mol. The number of piperidine rings is 1. The fraction of sp³-hybridized carbons (Fsp3) is 0.273. The maximum Gasteiger partial charge on any atom is 0.250 e. The van der Waals surface area contributed by atoms with Crippen molar-refractivity contribution in [3.63, 3.8) is 0 Å². The normalized spacial score (nSPS) is 16.5. The Kier molecular flexibility index (Phi) is 6.30. The quantitative estimate of drug-likeness (QED) is 0.441. The van der Waals surface area contributed by atoms with Crippen LogP contribution in [-0.2, 0) is 0 Å². The summed E-state index contributed by atoms with van der Waals surface area (Å²) in [5, 5.41) is 7.03. The molecule has 0 aliphatic carbocycles. The topological polar surface area (TPSA) is 78.3 Å². The van der Waals surface area contributed by atoms with Gasteiger partial charge in [-0.25, -0.2) is 14.2 Å². The minimum Gasteiger partial charge on any atom is -0.338 e. The fourth-order valence-corrected chi connectivity index (χ4v) is 3.43. The van der Waals surface area contributed by atoms with Crippen LogP contribution >= 0.6 is 0 Å². The molecule has 7 nitrogen and oxygen atoms in total. The highest BCUT2D eigenvalue weighted by molar-refractivity contribution is 5.79. The molecule has 1 aromatic heterocycles. The molecule has 31 heavy (non-hydrogen) atoms. The second-order valence-corrected chi connectivity index (χ2v) is 7.35. The number of benzene rings is 2. The van der Waals surface area contributed by atoms with Crippen molar-refractivity contribution in [1.29, 1.82) is 0 Å². The molecule has 0 saturated carbocycles. The molecule has 1 aliphatic heterocycles. The monoisotopic (exact) mass is 423 g/mol. The summed E-state index contributed by atoms with van der Waals surface area (Å²) in [7, 11) is 0. The van der Waals surface area contributed by atoms with Gasteiger partial charge in [0.1, 0.15) is 11.6 Å². The molecule has 9 heteroatoms. The standard InChI is InChI=1S/C22H23F2N7/c1-15-7-4-5-12-31(15)22-28-20(26-19-11-3-2-10-18(19)24)27-21(29-22)30-25-14-16-8-6-9-17(23)13-16/h2-3,6,8-11,13-15H,4-5,7,12H2,1H3,(H2,26,27,28,29,30)/b25-14-/t15-/m0/s1. The predicted octanol–water partition coefficient (Wildman–Crippen LogP) is 4.72. The largest absolute Gasteiger partial charge is 0.338 e. The number of hydrogen-bond acceptors (Lipinski definition) is 7. The SMILES string of the molecule is C[C@H]1CCCCN1c1nc(N/N=C\c2cccc(F)c2)nc(Nc2ccccc2F)n1. The number of nitrogens with one attached hydrogen (secondary N) is 2. The molecule has 0 unspecified atom stereocenters. The summed E-state index contributed by atoms with van der Waals surface area (Å²) < 4.78 is 27.4. The van der Waals surface area contributed by atoms with Gasteiger partial charge in [-0.05, 0) is 56.0 Å². The Hall–Kier alpha value is -3.62. The second kappa shape index (κ2) is 9.46. The third-order valence-electron chi connectivity index (χ3n) is 5.03. The van der Waals surface area contributed by atoms with Crippen molar-refractivity contribution in [2.75, 3.05) is 22.2 Å². The lowest BCUT2D eigenvalue weighted by Gasteiger charge is -2.33.